The maximum Gasteiger partial charge on any atom is 0.0861 e. The van der Waals surface area contributed by atoms with Gasteiger partial charge in [-0.2, -0.15) is 5.26 Å². The maximum absolute atomic E-state index is 9.55. The zero-order chi connectivity index (χ0) is 12.3. The van der Waals surface area contributed by atoms with Gasteiger partial charge in [0, 0.05) is 5.02 Å². The van der Waals surface area contributed by atoms with E-state index in [9.17, 15) is 5.26 Å². The van der Waals surface area contributed by atoms with E-state index >= 15 is 0 Å². The largest absolute Gasteiger partial charge is 0.303 e. The minimum Gasteiger partial charge on any atom is -0.303 e. The maximum atomic E-state index is 9.55. The molecule has 1 aromatic rings. The van der Waals surface area contributed by atoms with Gasteiger partial charge in [0.2, 0.25) is 0 Å². The average Bonchev–Trinajstić information content (AvgIpc) is 2.39. The molecule has 0 unspecified atom stereocenters. The molecule has 0 radical (unpaired) electrons. The van der Waals surface area contributed by atoms with Crippen LogP contribution in [-0.4, -0.2) is 24.5 Å². The molecule has 0 amide bonds. The van der Waals surface area contributed by atoms with Crippen LogP contribution in [0.5, 0.6) is 0 Å². The normalized spacial score (nSPS) is 19.8. The number of likely N-dealkylation sites (tertiary alicyclic amines) is 1. The molecule has 0 N–H and O–H groups in total. The summed E-state index contributed by atoms with van der Waals surface area (Å²) in [6.45, 7) is 5.18. The molecule has 0 spiro atoms. The summed E-state index contributed by atoms with van der Waals surface area (Å²) in [6, 6.07) is 10.3. The lowest BCUT2D eigenvalue weighted by molar-refractivity contribution is 0.194. The summed E-state index contributed by atoms with van der Waals surface area (Å²) in [5.74, 6) is 0. The number of benzene rings is 1. The van der Waals surface area contributed by atoms with Gasteiger partial charge in [0.15, 0.2) is 0 Å². The Morgan fingerprint density at radius 1 is 1.35 bits per heavy atom. The van der Waals surface area contributed by atoms with Crippen molar-refractivity contribution in [1.29, 1.82) is 5.26 Å². The number of hydrogen-bond donors (Lipinski definition) is 0. The standard InChI is InChI=1S/C14H17ClN2/c1-2-17-9-7-14(11-16,8-10-17)12-5-3-4-6-13(12)15/h3-6H,2,7-10H2,1H3. The van der Waals surface area contributed by atoms with E-state index < -0.39 is 0 Å². The molecule has 2 rings (SSSR count). The molecule has 0 aromatic heterocycles. The van der Waals surface area contributed by atoms with Crippen LogP contribution in [0, 0.1) is 11.3 Å². The van der Waals surface area contributed by atoms with Gasteiger partial charge in [0.05, 0.1) is 11.5 Å². The van der Waals surface area contributed by atoms with Crippen molar-refractivity contribution in [3.8, 4) is 6.07 Å². The fraction of sp³-hybridized carbons (Fsp3) is 0.500. The van der Waals surface area contributed by atoms with Gasteiger partial charge in [0.25, 0.3) is 0 Å². The van der Waals surface area contributed by atoms with Crippen LogP contribution in [-0.2, 0) is 5.41 Å². The Labute approximate surface area is 108 Å². The number of nitrogens with zero attached hydrogens (tertiary/aromatic N) is 2. The molecular weight excluding hydrogens is 232 g/mol. The molecule has 1 aliphatic heterocycles. The smallest absolute Gasteiger partial charge is 0.0861 e. The van der Waals surface area contributed by atoms with Gasteiger partial charge in [-0.15, -0.1) is 0 Å². The molecule has 1 fully saturated rings. The van der Waals surface area contributed by atoms with Crippen molar-refractivity contribution in [3.05, 3.63) is 34.9 Å². The first-order valence-corrected chi connectivity index (χ1v) is 6.48. The summed E-state index contributed by atoms with van der Waals surface area (Å²) in [4.78, 5) is 2.38. The monoisotopic (exact) mass is 248 g/mol. The van der Waals surface area contributed by atoms with Gasteiger partial charge in [-0.1, -0.05) is 36.7 Å². The number of rotatable bonds is 2. The number of hydrogen-bond acceptors (Lipinski definition) is 2. The van der Waals surface area contributed by atoms with E-state index in [2.05, 4.69) is 17.9 Å². The van der Waals surface area contributed by atoms with Crippen LogP contribution < -0.4 is 0 Å². The minimum absolute atomic E-state index is 0.385. The fourth-order valence-corrected chi connectivity index (χ4v) is 2.86. The van der Waals surface area contributed by atoms with Gasteiger partial charge in [-0.25, -0.2) is 0 Å². The third-order valence-electron chi connectivity index (χ3n) is 3.76. The van der Waals surface area contributed by atoms with E-state index in [1.165, 1.54) is 0 Å². The van der Waals surface area contributed by atoms with Crippen LogP contribution in [0.1, 0.15) is 25.3 Å². The Balaban J connectivity index is 2.29. The molecule has 0 bridgehead atoms. The summed E-state index contributed by atoms with van der Waals surface area (Å²) in [5.41, 5.74) is 0.615. The van der Waals surface area contributed by atoms with Crippen LogP contribution >= 0.6 is 11.6 Å². The van der Waals surface area contributed by atoms with Crippen molar-refractivity contribution >= 4 is 11.6 Å². The first-order valence-electron chi connectivity index (χ1n) is 6.10. The molecule has 17 heavy (non-hydrogen) atoms. The molecule has 1 heterocycles. The molecule has 1 saturated heterocycles. The predicted molar refractivity (Wildman–Crippen MR) is 70.1 cm³/mol. The highest BCUT2D eigenvalue weighted by Crippen LogP contribution is 2.38. The van der Waals surface area contributed by atoms with Crippen molar-refractivity contribution in [1.82, 2.24) is 4.90 Å². The Bertz CT molecular complexity index is 428. The van der Waals surface area contributed by atoms with Crippen LogP contribution in [0.15, 0.2) is 24.3 Å². The number of piperidine rings is 1. The first kappa shape index (κ1) is 12.4. The van der Waals surface area contributed by atoms with E-state index in [-0.39, 0.29) is 5.41 Å². The molecule has 0 atom stereocenters. The van der Waals surface area contributed by atoms with Crippen molar-refractivity contribution in [2.45, 2.75) is 25.2 Å². The summed E-state index contributed by atoms with van der Waals surface area (Å²) < 4.78 is 0. The number of halogens is 1. The molecule has 1 aliphatic rings. The van der Waals surface area contributed by atoms with E-state index in [1.54, 1.807) is 0 Å². The zero-order valence-electron chi connectivity index (χ0n) is 10.1. The Morgan fingerprint density at radius 3 is 2.53 bits per heavy atom. The second kappa shape index (κ2) is 5.08. The Morgan fingerprint density at radius 2 is 2.00 bits per heavy atom. The van der Waals surface area contributed by atoms with Gasteiger partial charge in [-0.3, -0.25) is 0 Å². The van der Waals surface area contributed by atoms with Crippen LogP contribution in [0.25, 0.3) is 0 Å². The molecule has 3 heteroatoms. The molecule has 1 aromatic carbocycles. The predicted octanol–water partition coefficient (Wildman–Crippen LogP) is 3.22. The SMILES string of the molecule is CCN1CCC(C#N)(c2ccccc2Cl)CC1. The van der Waals surface area contributed by atoms with Crippen molar-refractivity contribution in [2.24, 2.45) is 0 Å². The van der Waals surface area contributed by atoms with Crippen LogP contribution in [0.2, 0.25) is 5.02 Å². The highest BCUT2D eigenvalue weighted by atomic mass is 35.5. The molecule has 90 valence electrons. The average molecular weight is 249 g/mol. The third-order valence-corrected chi connectivity index (χ3v) is 4.09. The minimum atomic E-state index is -0.385. The summed E-state index contributed by atoms with van der Waals surface area (Å²) in [5, 5.41) is 10.3. The van der Waals surface area contributed by atoms with Crippen LogP contribution in [0.4, 0.5) is 0 Å². The second-order valence-electron chi connectivity index (χ2n) is 4.61. The quantitative estimate of drug-likeness (QED) is 0.804. The summed E-state index contributed by atoms with van der Waals surface area (Å²) >= 11 is 6.23. The lowest BCUT2D eigenvalue weighted by Crippen LogP contribution is -2.41. The molecule has 0 saturated carbocycles. The topological polar surface area (TPSA) is 27.0 Å². The van der Waals surface area contributed by atoms with Gasteiger partial charge < -0.3 is 4.90 Å². The van der Waals surface area contributed by atoms with E-state index in [0.717, 1.165) is 43.1 Å². The first-order chi connectivity index (χ1) is 8.22. The second-order valence-corrected chi connectivity index (χ2v) is 5.02. The lowest BCUT2D eigenvalue weighted by Gasteiger charge is -2.37. The summed E-state index contributed by atoms with van der Waals surface area (Å²) in [7, 11) is 0. The van der Waals surface area contributed by atoms with Crippen molar-refractivity contribution in [3.63, 3.8) is 0 Å². The van der Waals surface area contributed by atoms with Crippen molar-refractivity contribution < 1.29 is 0 Å². The Hall–Kier alpha value is -1.04. The highest BCUT2D eigenvalue weighted by molar-refractivity contribution is 6.31. The molecule has 2 nitrogen and oxygen atoms in total. The third kappa shape index (κ3) is 2.31. The lowest BCUT2D eigenvalue weighted by atomic mass is 9.74. The summed E-state index contributed by atoms with van der Waals surface area (Å²) in [6.07, 6.45) is 1.75. The van der Waals surface area contributed by atoms with Gasteiger partial charge in [-0.05, 0) is 44.1 Å². The molecular formula is C14H17ClN2. The fourth-order valence-electron chi connectivity index (χ4n) is 2.54. The van der Waals surface area contributed by atoms with E-state index in [1.807, 2.05) is 24.3 Å². The van der Waals surface area contributed by atoms with Crippen molar-refractivity contribution in [2.75, 3.05) is 19.6 Å². The zero-order valence-corrected chi connectivity index (χ0v) is 10.9. The highest BCUT2D eigenvalue weighted by Gasteiger charge is 2.37. The Kier molecular flexibility index (Phi) is 3.71. The van der Waals surface area contributed by atoms with Crippen LogP contribution in [0.3, 0.4) is 0 Å². The van der Waals surface area contributed by atoms with Gasteiger partial charge >= 0.3 is 0 Å². The number of nitriles is 1. The van der Waals surface area contributed by atoms with Gasteiger partial charge in [0.1, 0.15) is 0 Å². The van der Waals surface area contributed by atoms with E-state index in [4.69, 9.17) is 11.6 Å². The van der Waals surface area contributed by atoms with E-state index in [0.29, 0.717) is 0 Å². The molecule has 0 aliphatic carbocycles.